The van der Waals surface area contributed by atoms with E-state index < -0.39 is 0 Å². The molecule has 4 N–H and O–H groups in total. The van der Waals surface area contributed by atoms with Crippen molar-refractivity contribution in [2.24, 2.45) is 0 Å². The van der Waals surface area contributed by atoms with Gasteiger partial charge in [-0.3, -0.25) is 0 Å². The van der Waals surface area contributed by atoms with E-state index >= 15 is 0 Å². The van der Waals surface area contributed by atoms with Crippen LogP contribution in [0.1, 0.15) is 33.6 Å². The maximum Gasteiger partial charge on any atom is 0.123 e. The molecule has 102 valence electrons. The fraction of sp³-hybridized carbons (Fsp3) is 0.571. The molecule has 0 spiro atoms. The fourth-order valence-electron chi connectivity index (χ4n) is 1.82. The lowest BCUT2D eigenvalue weighted by molar-refractivity contribution is 0.242. The number of nitrogen functional groups attached to an aromatic ring is 1. The summed E-state index contributed by atoms with van der Waals surface area (Å²) in [5.74, 6) is 0.770. The van der Waals surface area contributed by atoms with Crippen LogP contribution in [0, 0.1) is 0 Å². The van der Waals surface area contributed by atoms with Gasteiger partial charge in [-0.05, 0) is 32.8 Å². The number of aliphatic hydroxyl groups excluding tert-OH is 1. The minimum atomic E-state index is 0.124. The van der Waals surface area contributed by atoms with Gasteiger partial charge in [-0.25, -0.2) is 0 Å². The molecule has 0 amide bonds. The lowest BCUT2D eigenvalue weighted by Crippen LogP contribution is -2.20. The Morgan fingerprint density at radius 2 is 2.06 bits per heavy atom. The summed E-state index contributed by atoms with van der Waals surface area (Å²) in [7, 11) is 0. The number of anilines is 2. The summed E-state index contributed by atoms with van der Waals surface area (Å²) in [4.78, 5) is 0. The van der Waals surface area contributed by atoms with Gasteiger partial charge in [0.2, 0.25) is 0 Å². The minimum absolute atomic E-state index is 0.124. The molecule has 0 radical (unpaired) electrons. The number of nitrogens with one attached hydrogen (secondary N) is 1. The predicted molar refractivity (Wildman–Crippen MR) is 76.0 cm³/mol. The van der Waals surface area contributed by atoms with Crippen molar-refractivity contribution in [2.45, 2.75) is 45.8 Å². The highest BCUT2D eigenvalue weighted by Crippen LogP contribution is 2.24. The van der Waals surface area contributed by atoms with E-state index in [1.165, 1.54) is 0 Å². The van der Waals surface area contributed by atoms with Crippen LogP contribution in [0.25, 0.3) is 0 Å². The summed E-state index contributed by atoms with van der Waals surface area (Å²) in [6.45, 7) is 6.24. The molecular formula is C14H24N2O2. The highest BCUT2D eigenvalue weighted by molar-refractivity contribution is 5.59. The van der Waals surface area contributed by atoms with E-state index in [1.807, 2.05) is 32.0 Å². The van der Waals surface area contributed by atoms with Crippen LogP contribution in [0.3, 0.4) is 0 Å². The summed E-state index contributed by atoms with van der Waals surface area (Å²) in [5.41, 5.74) is 7.47. The van der Waals surface area contributed by atoms with Gasteiger partial charge in [-0.15, -0.1) is 0 Å². The Morgan fingerprint density at radius 3 is 2.61 bits per heavy atom. The number of nitrogens with two attached hydrogens (primary N) is 1. The van der Waals surface area contributed by atoms with Gasteiger partial charge in [0.1, 0.15) is 5.75 Å². The number of ether oxygens (including phenoxy) is 1. The van der Waals surface area contributed by atoms with Crippen molar-refractivity contribution in [3.8, 4) is 5.75 Å². The largest absolute Gasteiger partial charge is 0.491 e. The van der Waals surface area contributed by atoms with E-state index in [0.717, 1.165) is 24.3 Å². The Morgan fingerprint density at radius 1 is 1.33 bits per heavy atom. The van der Waals surface area contributed by atoms with Crippen molar-refractivity contribution >= 4 is 11.4 Å². The molecule has 1 rings (SSSR count). The third-order valence-electron chi connectivity index (χ3n) is 2.64. The SMILES string of the molecule is CCC(CCO)Nc1cc(N)cc(OC(C)C)c1. The molecule has 1 unspecified atom stereocenters. The third-order valence-corrected chi connectivity index (χ3v) is 2.64. The average molecular weight is 252 g/mol. The van der Waals surface area contributed by atoms with Crippen LogP contribution in [-0.4, -0.2) is 23.9 Å². The fourth-order valence-corrected chi connectivity index (χ4v) is 1.82. The zero-order valence-corrected chi connectivity index (χ0v) is 11.4. The highest BCUT2D eigenvalue weighted by Gasteiger charge is 2.07. The van der Waals surface area contributed by atoms with E-state index in [9.17, 15) is 0 Å². The Hall–Kier alpha value is -1.42. The molecule has 1 atom stereocenters. The van der Waals surface area contributed by atoms with Crippen LogP contribution in [0.4, 0.5) is 11.4 Å². The molecule has 0 fully saturated rings. The molecular weight excluding hydrogens is 228 g/mol. The van der Waals surface area contributed by atoms with Gasteiger partial charge >= 0.3 is 0 Å². The summed E-state index contributed by atoms with van der Waals surface area (Å²) in [6, 6.07) is 5.89. The molecule has 18 heavy (non-hydrogen) atoms. The molecule has 0 aliphatic heterocycles. The highest BCUT2D eigenvalue weighted by atomic mass is 16.5. The molecule has 1 aromatic carbocycles. The minimum Gasteiger partial charge on any atom is -0.491 e. The first-order valence-electron chi connectivity index (χ1n) is 6.49. The predicted octanol–water partition coefficient (Wildman–Crippen LogP) is 2.63. The van der Waals surface area contributed by atoms with Crippen molar-refractivity contribution in [2.75, 3.05) is 17.7 Å². The molecule has 0 aliphatic rings. The number of rotatable bonds is 7. The smallest absolute Gasteiger partial charge is 0.123 e. The van der Waals surface area contributed by atoms with E-state index in [0.29, 0.717) is 5.69 Å². The van der Waals surface area contributed by atoms with Crippen LogP contribution in [0.2, 0.25) is 0 Å². The van der Waals surface area contributed by atoms with Gasteiger partial charge in [0.15, 0.2) is 0 Å². The summed E-state index contributed by atoms with van der Waals surface area (Å²) >= 11 is 0. The Balaban J connectivity index is 2.78. The maximum absolute atomic E-state index is 8.98. The van der Waals surface area contributed by atoms with Crippen LogP contribution >= 0.6 is 0 Å². The normalized spacial score (nSPS) is 12.5. The van der Waals surface area contributed by atoms with Crippen LogP contribution in [0.15, 0.2) is 18.2 Å². The molecule has 4 heteroatoms. The first kappa shape index (κ1) is 14.6. The van der Waals surface area contributed by atoms with Gasteiger partial charge in [0, 0.05) is 36.2 Å². The molecule has 0 saturated carbocycles. The van der Waals surface area contributed by atoms with Crippen molar-refractivity contribution in [3.05, 3.63) is 18.2 Å². The van der Waals surface area contributed by atoms with E-state index in [-0.39, 0.29) is 18.8 Å². The van der Waals surface area contributed by atoms with Crippen LogP contribution in [0.5, 0.6) is 5.75 Å². The summed E-state index contributed by atoms with van der Waals surface area (Å²) in [6.07, 6.45) is 1.81. The number of aliphatic hydroxyl groups is 1. The molecule has 0 aromatic heterocycles. The number of hydrogen-bond donors (Lipinski definition) is 3. The third kappa shape index (κ3) is 4.84. The molecule has 0 heterocycles. The van der Waals surface area contributed by atoms with Gasteiger partial charge in [-0.1, -0.05) is 6.92 Å². The Bertz CT molecular complexity index is 367. The van der Waals surface area contributed by atoms with E-state index in [2.05, 4.69) is 12.2 Å². The van der Waals surface area contributed by atoms with Gasteiger partial charge in [0.05, 0.1) is 6.10 Å². The van der Waals surface area contributed by atoms with Crippen molar-refractivity contribution in [3.63, 3.8) is 0 Å². The van der Waals surface area contributed by atoms with Crippen LogP contribution in [-0.2, 0) is 0 Å². The molecule has 0 saturated heterocycles. The zero-order chi connectivity index (χ0) is 13.5. The van der Waals surface area contributed by atoms with E-state index in [4.69, 9.17) is 15.6 Å². The first-order chi connectivity index (χ1) is 8.55. The van der Waals surface area contributed by atoms with Gasteiger partial charge in [0.25, 0.3) is 0 Å². The monoisotopic (exact) mass is 252 g/mol. The second-order valence-electron chi connectivity index (χ2n) is 4.72. The van der Waals surface area contributed by atoms with Crippen molar-refractivity contribution < 1.29 is 9.84 Å². The molecule has 0 aliphatic carbocycles. The Labute approximate surface area is 109 Å². The second-order valence-corrected chi connectivity index (χ2v) is 4.72. The molecule has 0 bridgehead atoms. The lowest BCUT2D eigenvalue weighted by atomic mass is 10.1. The standard InChI is InChI=1S/C14H24N2O2/c1-4-12(5-6-17)16-13-7-11(15)8-14(9-13)18-10(2)3/h7-10,12,16-17H,4-6,15H2,1-3H3. The van der Waals surface area contributed by atoms with E-state index in [1.54, 1.807) is 0 Å². The van der Waals surface area contributed by atoms with Crippen molar-refractivity contribution in [1.82, 2.24) is 0 Å². The summed E-state index contributed by atoms with van der Waals surface area (Å²) < 4.78 is 5.64. The first-order valence-corrected chi connectivity index (χ1v) is 6.49. The summed E-state index contributed by atoms with van der Waals surface area (Å²) in [5, 5.41) is 12.3. The zero-order valence-electron chi connectivity index (χ0n) is 11.4. The number of hydrogen-bond acceptors (Lipinski definition) is 4. The quantitative estimate of drug-likeness (QED) is 0.653. The second kappa shape index (κ2) is 7.11. The molecule has 4 nitrogen and oxygen atoms in total. The van der Waals surface area contributed by atoms with Crippen molar-refractivity contribution in [1.29, 1.82) is 0 Å². The van der Waals surface area contributed by atoms with Gasteiger partial charge < -0.3 is 20.9 Å². The van der Waals surface area contributed by atoms with Gasteiger partial charge in [-0.2, -0.15) is 0 Å². The Kier molecular flexibility index (Phi) is 5.78. The molecule has 1 aromatic rings. The number of benzene rings is 1. The average Bonchev–Trinajstić information content (AvgIpc) is 2.26. The van der Waals surface area contributed by atoms with Crippen LogP contribution < -0.4 is 15.8 Å². The maximum atomic E-state index is 8.98. The lowest BCUT2D eigenvalue weighted by Gasteiger charge is -2.19. The topological polar surface area (TPSA) is 67.5 Å².